The van der Waals surface area contributed by atoms with Gasteiger partial charge in [-0.15, -0.1) is 0 Å². The number of alkyl halides is 3. The van der Waals surface area contributed by atoms with Crippen molar-refractivity contribution in [1.29, 1.82) is 0 Å². The summed E-state index contributed by atoms with van der Waals surface area (Å²) in [6, 6.07) is 15.3. The Bertz CT molecular complexity index is 800. The van der Waals surface area contributed by atoms with Crippen LogP contribution < -0.4 is 10.6 Å². The molecule has 4 nitrogen and oxygen atoms in total. The van der Waals surface area contributed by atoms with E-state index in [2.05, 4.69) is 10.6 Å². The highest BCUT2D eigenvalue weighted by molar-refractivity contribution is 5.96. The molecule has 27 heavy (non-hydrogen) atoms. The number of benzene rings is 2. The molecule has 2 N–H and O–H groups in total. The lowest BCUT2D eigenvalue weighted by Crippen LogP contribution is -2.39. The maximum atomic E-state index is 12.6. The van der Waals surface area contributed by atoms with E-state index in [4.69, 9.17) is 0 Å². The van der Waals surface area contributed by atoms with Gasteiger partial charge in [0, 0.05) is 24.4 Å². The van der Waals surface area contributed by atoms with Gasteiger partial charge in [-0.1, -0.05) is 48.0 Å². The van der Waals surface area contributed by atoms with Crippen molar-refractivity contribution < 1.29 is 22.8 Å². The van der Waals surface area contributed by atoms with Crippen molar-refractivity contribution >= 4 is 17.4 Å². The molecule has 0 fully saturated rings. The summed E-state index contributed by atoms with van der Waals surface area (Å²) >= 11 is 0. The Labute approximate surface area is 155 Å². The van der Waals surface area contributed by atoms with Crippen molar-refractivity contribution in [1.82, 2.24) is 5.32 Å². The first-order valence-corrected chi connectivity index (χ1v) is 8.21. The number of nitrogens with one attached hydrogen (secondary N) is 2. The highest BCUT2D eigenvalue weighted by atomic mass is 19.4. The lowest BCUT2D eigenvalue weighted by Gasteiger charge is -2.17. The minimum Gasteiger partial charge on any atom is -0.379 e. The molecular weight excluding hydrogens is 357 g/mol. The van der Waals surface area contributed by atoms with Crippen molar-refractivity contribution in [3.63, 3.8) is 0 Å². The van der Waals surface area contributed by atoms with Gasteiger partial charge in [0.25, 0.3) is 5.78 Å². The molecular formula is C20H19F3N2O2. The summed E-state index contributed by atoms with van der Waals surface area (Å²) in [7, 11) is 0. The molecule has 0 radical (unpaired) electrons. The molecule has 2 aromatic rings. The minimum absolute atomic E-state index is 0.239. The van der Waals surface area contributed by atoms with E-state index in [0.29, 0.717) is 11.8 Å². The molecule has 0 aliphatic carbocycles. The molecule has 2 rings (SSSR count). The lowest BCUT2D eigenvalue weighted by molar-refractivity contribution is -0.165. The minimum atomic E-state index is -4.95. The van der Waals surface area contributed by atoms with Gasteiger partial charge in [0.15, 0.2) is 0 Å². The number of carbonyl (C=O) groups is 2. The van der Waals surface area contributed by atoms with Crippen molar-refractivity contribution in [2.45, 2.75) is 25.6 Å². The third-order valence-electron chi connectivity index (χ3n) is 3.73. The second-order valence-corrected chi connectivity index (χ2v) is 5.96. The normalized spacial score (nSPS) is 12.6. The van der Waals surface area contributed by atoms with Gasteiger partial charge in [0.1, 0.15) is 6.04 Å². The average Bonchev–Trinajstić information content (AvgIpc) is 2.62. The summed E-state index contributed by atoms with van der Waals surface area (Å²) < 4.78 is 36.9. The van der Waals surface area contributed by atoms with E-state index >= 15 is 0 Å². The monoisotopic (exact) mass is 376 g/mol. The van der Waals surface area contributed by atoms with Gasteiger partial charge in [0.2, 0.25) is 5.91 Å². The molecule has 0 aliphatic rings. The van der Waals surface area contributed by atoms with Crippen LogP contribution >= 0.6 is 0 Å². The van der Waals surface area contributed by atoms with Gasteiger partial charge >= 0.3 is 6.18 Å². The van der Waals surface area contributed by atoms with Crippen LogP contribution in [0.3, 0.4) is 0 Å². The fourth-order valence-electron chi connectivity index (χ4n) is 2.28. The number of rotatable bonds is 7. The van der Waals surface area contributed by atoms with Crippen molar-refractivity contribution in [2.24, 2.45) is 0 Å². The first-order valence-electron chi connectivity index (χ1n) is 8.21. The van der Waals surface area contributed by atoms with Crippen LogP contribution in [-0.2, 0) is 16.0 Å². The molecule has 0 heterocycles. The zero-order valence-corrected chi connectivity index (χ0v) is 14.6. The Morgan fingerprint density at radius 1 is 1.04 bits per heavy atom. The standard InChI is InChI=1S/C20H19F3N2O2/c1-14-7-9-16(10-8-14)25-19(27)17(13-15-5-3-2-4-6-15)24-12-11-18(26)20(21,22)23/h2-12,17,24H,13H2,1H3,(H,25,27). The molecule has 0 aromatic heterocycles. The van der Waals surface area contributed by atoms with E-state index in [0.717, 1.165) is 17.3 Å². The van der Waals surface area contributed by atoms with Crippen molar-refractivity contribution in [3.05, 3.63) is 78.0 Å². The number of hydrogen-bond donors (Lipinski definition) is 2. The molecule has 0 bridgehead atoms. The number of halogens is 3. The van der Waals surface area contributed by atoms with Crippen molar-refractivity contribution in [3.8, 4) is 0 Å². The molecule has 2 aromatic carbocycles. The quantitative estimate of drug-likeness (QED) is 0.723. The van der Waals surface area contributed by atoms with Crippen LogP contribution in [0.25, 0.3) is 0 Å². The summed E-state index contributed by atoms with van der Waals surface area (Å²) in [5.74, 6) is -2.42. The summed E-state index contributed by atoms with van der Waals surface area (Å²) in [5.41, 5.74) is 2.42. The Morgan fingerprint density at radius 2 is 1.67 bits per heavy atom. The van der Waals surface area contributed by atoms with E-state index < -0.39 is 23.9 Å². The third kappa shape index (κ3) is 6.62. The van der Waals surface area contributed by atoms with Crippen molar-refractivity contribution in [2.75, 3.05) is 5.32 Å². The Kier molecular flexibility index (Phi) is 6.76. The first-order chi connectivity index (χ1) is 12.8. The third-order valence-corrected chi connectivity index (χ3v) is 3.73. The van der Waals surface area contributed by atoms with E-state index in [1.807, 2.05) is 25.1 Å². The predicted octanol–water partition coefficient (Wildman–Crippen LogP) is 3.78. The SMILES string of the molecule is Cc1ccc(NC(=O)C(Cc2ccccc2)NC=CC(=O)C(F)(F)F)cc1. The first kappa shape index (κ1) is 20.2. The van der Waals surface area contributed by atoms with E-state index in [1.165, 1.54) is 0 Å². The number of amides is 1. The number of aryl methyl sites for hydroxylation is 1. The summed E-state index contributed by atoms with van der Waals surface area (Å²) in [6.07, 6.45) is -3.48. The zero-order chi connectivity index (χ0) is 19.9. The molecule has 7 heteroatoms. The number of allylic oxidation sites excluding steroid dienone is 1. The van der Waals surface area contributed by atoms with E-state index in [-0.39, 0.29) is 6.42 Å². The van der Waals surface area contributed by atoms with Crippen LogP contribution in [0.15, 0.2) is 66.9 Å². The van der Waals surface area contributed by atoms with Gasteiger partial charge in [-0.2, -0.15) is 13.2 Å². The molecule has 0 spiro atoms. The van der Waals surface area contributed by atoms with Gasteiger partial charge in [0.05, 0.1) is 0 Å². The summed E-state index contributed by atoms with van der Waals surface area (Å²) in [5, 5.41) is 5.30. The van der Waals surface area contributed by atoms with Gasteiger partial charge in [-0.05, 0) is 24.6 Å². The maximum absolute atomic E-state index is 12.6. The lowest BCUT2D eigenvalue weighted by atomic mass is 10.1. The largest absolute Gasteiger partial charge is 0.454 e. The Morgan fingerprint density at radius 3 is 2.26 bits per heavy atom. The number of hydrogen-bond acceptors (Lipinski definition) is 3. The van der Waals surface area contributed by atoms with E-state index in [9.17, 15) is 22.8 Å². The van der Waals surface area contributed by atoms with E-state index in [1.54, 1.807) is 36.4 Å². The molecule has 142 valence electrons. The number of anilines is 1. The van der Waals surface area contributed by atoms with Crippen LogP contribution in [0.5, 0.6) is 0 Å². The topological polar surface area (TPSA) is 58.2 Å². The molecule has 0 saturated carbocycles. The summed E-state index contributed by atoms with van der Waals surface area (Å²) in [6.45, 7) is 1.91. The second-order valence-electron chi connectivity index (χ2n) is 5.96. The summed E-state index contributed by atoms with van der Waals surface area (Å²) in [4.78, 5) is 23.5. The van der Waals surface area contributed by atoms with Crippen LogP contribution in [0.2, 0.25) is 0 Å². The Balaban J connectivity index is 2.10. The van der Waals surface area contributed by atoms with Crippen LogP contribution in [0.1, 0.15) is 11.1 Å². The molecule has 1 amide bonds. The molecule has 1 atom stereocenters. The average molecular weight is 376 g/mol. The van der Waals surface area contributed by atoms with Gasteiger partial charge in [-0.3, -0.25) is 9.59 Å². The molecule has 1 unspecified atom stereocenters. The number of ketones is 1. The molecule has 0 aliphatic heterocycles. The van der Waals surface area contributed by atoms with Gasteiger partial charge in [-0.25, -0.2) is 0 Å². The Hall–Kier alpha value is -3.09. The highest BCUT2D eigenvalue weighted by Crippen LogP contribution is 2.16. The van der Waals surface area contributed by atoms with Crippen LogP contribution in [0.4, 0.5) is 18.9 Å². The smallest absolute Gasteiger partial charge is 0.379 e. The fourth-order valence-corrected chi connectivity index (χ4v) is 2.28. The van der Waals surface area contributed by atoms with Crippen LogP contribution in [-0.4, -0.2) is 23.9 Å². The fraction of sp³-hybridized carbons (Fsp3) is 0.200. The molecule has 0 saturated heterocycles. The zero-order valence-electron chi connectivity index (χ0n) is 14.6. The predicted molar refractivity (Wildman–Crippen MR) is 97.1 cm³/mol. The highest BCUT2D eigenvalue weighted by Gasteiger charge is 2.36. The van der Waals surface area contributed by atoms with Crippen LogP contribution in [0, 0.1) is 6.92 Å². The second kappa shape index (κ2) is 9.02. The van der Waals surface area contributed by atoms with Gasteiger partial charge < -0.3 is 10.6 Å². The maximum Gasteiger partial charge on any atom is 0.454 e. The number of carbonyl (C=O) groups excluding carboxylic acids is 2.